The fourth-order valence-corrected chi connectivity index (χ4v) is 10.8. The summed E-state index contributed by atoms with van der Waals surface area (Å²) in [5.41, 5.74) is 1.12. The smallest absolute Gasteiger partial charge is 0.261 e. The lowest BCUT2D eigenvalue weighted by Crippen LogP contribution is -2.66. The van der Waals surface area contributed by atoms with E-state index in [2.05, 4.69) is 107 Å². The summed E-state index contributed by atoms with van der Waals surface area (Å²) in [5, 5.41) is 2.51. The molecule has 0 amide bonds. The van der Waals surface area contributed by atoms with Crippen molar-refractivity contribution in [3.8, 4) is 5.75 Å². The van der Waals surface area contributed by atoms with Crippen molar-refractivity contribution in [2.45, 2.75) is 71.2 Å². The van der Waals surface area contributed by atoms with Gasteiger partial charge in [-0.1, -0.05) is 107 Å². The largest absolute Gasteiger partial charge is 0.497 e. The van der Waals surface area contributed by atoms with E-state index in [1.165, 1.54) is 10.4 Å². The molecule has 1 heterocycles. The van der Waals surface area contributed by atoms with Gasteiger partial charge in [0.25, 0.3) is 8.32 Å². The lowest BCUT2D eigenvalue weighted by Gasteiger charge is -2.45. The van der Waals surface area contributed by atoms with E-state index in [9.17, 15) is 0 Å². The van der Waals surface area contributed by atoms with Crippen molar-refractivity contribution in [2.75, 3.05) is 20.8 Å². The van der Waals surface area contributed by atoms with Crippen LogP contribution in [0.15, 0.2) is 84.9 Å². The predicted molar refractivity (Wildman–Crippen MR) is 164 cm³/mol. The standard InChI is InChI=1S/C34H46O5Si/c1-25-31(39-33(36-7)26(2)32(25)37-24-27-18-20-28(35-6)21-19-27)22-23-38-40(34(3,4)5,29-14-10-8-11-15-29)30-16-12-9-13-17-30/h8-21,25-26,31-33H,22-24H2,1-7H3/t25-,26+,31+,32-,33+/m0/s1. The van der Waals surface area contributed by atoms with Crippen molar-refractivity contribution < 1.29 is 23.4 Å². The first-order chi connectivity index (χ1) is 19.2. The van der Waals surface area contributed by atoms with E-state index in [-0.39, 0.29) is 35.4 Å². The first-order valence-electron chi connectivity index (χ1n) is 14.4. The summed E-state index contributed by atoms with van der Waals surface area (Å²) in [5.74, 6) is 1.13. The van der Waals surface area contributed by atoms with Crippen LogP contribution in [0.3, 0.4) is 0 Å². The molecule has 5 atom stereocenters. The van der Waals surface area contributed by atoms with Gasteiger partial charge in [-0.2, -0.15) is 0 Å². The molecule has 0 radical (unpaired) electrons. The summed E-state index contributed by atoms with van der Waals surface area (Å²) >= 11 is 0. The van der Waals surface area contributed by atoms with Gasteiger partial charge in [0, 0.05) is 25.6 Å². The second-order valence-corrected chi connectivity index (χ2v) is 16.2. The Morgan fingerprint density at radius 1 is 0.775 bits per heavy atom. The average Bonchev–Trinajstić information content (AvgIpc) is 2.97. The molecule has 3 aromatic rings. The van der Waals surface area contributed by atoms with Gasteiger partial charge in [0.1, 0.15) is 5.75 Å². The van der Waals surface area contributed by atoms with Crippen LogP contribution < -0.4 is 15.1 Å². The number of methoxy groups -OCH3 is 2. The summed E-state index contributed by atoms with van der Waals surface area (Å²) in [6.07, 6.45) is 0.398. The van der Waals surface area contributed by atoms with E-state index >= 15 is 0 Å². The molecule has 1 saturated heterocycles. The first kappa shape index (κ1) is 30.5. The van der Waals surface area contributed by atoms with Crippen LogP contribution in [0.5, 0.6) is 5.75 Å². The highest BCUT2D eigenvalue weighted by molar-refractivity contribution is 6.99. The highest BCUT2D eigenvalue weighted by Crippen LogP contribution is 2.38. The third kappa shape index (κ3) is 6.53. The Bertz CT molecular complexity index is 1120. The second-order valence-electron chi connectivity index (χ2n) is 11.9. The van der Waals surface area contributed by atoms with Crippen molar-refractivity contribution in [1.82, 2.24) is 0 Å². The van der Waals surface area contributed by atoms with E-state index in [4.69, 9.17) is 23.4 Å². The number of benzene rings is 3. The Kier molecular flexibility index (Phi) is 10.2. The Morgan fingerprint density at radius 3 is 1.85 bits per heavy atom. The molecule has 5 nitrogen and oxygen atoms in total. The van der Waals surface area contributed by atoms with Gasteiger partial charge in [-0.3, -0.25) is 0 Å². The summed E-state index contributed by atoms with van der Waals surface area (Å²) in [7, 11) is 0.789. The molecule has 0 saturated carbocycles. The zero-order chi connectivity index (χ0) is 28.8. The topological polar surface area (TPSA) is 46.2 Å². The molecule has 3 aromatic carbocycles. The van der Waals surface area contributed by atoms with Crippen molar-refractivity contribution in [2.24, 2.45) is 11.8 Å². The van der Waals surface area contributed by atoms with Crippen LogP contribution in [0.25, 0.3) is 0 Å². The van der Waals surface area contributed by atoms with Crippen LogP contribution in [0, 0.1) is 11.8 Å². The van der Waals surface area contributed by atoms with Crippen LogP contribution in [-0.4, -0.2) is 47.6 Å². The average molecular weight is 563 g/mol. The fourth-order valence-electron chi connectivity index (χ4n) is 6.17. The Hall–Kier alpha value is -2.48. The van der Waals surface area contributed by atoms with Crippen molar-refractivity contribution in [3.63, 3.8) is 0 Å². The van der Waals surface area contributed by atoms with E-state index in [0.717, 1.165) is 17.7 Å². The number of ether oxygens (including phenoxy) is 4. The summed E-state index contributed by atoms with van der Waals surface area (Å²) in [6.45, 7) is 12.4. The van der Waals surface area contributed by atoms with Crippen LogP contribution in [0.2, 0.25) is 5.04 Å². The van der Waals surface area contributed by atoms with E-state index in [1.54, 1.807) is 14.2 Å². The van der Waals surface area contributed by atoms with Crippen LogP contribution in [0.4, 0.5) is 0 Å². The highest BCUT2D eigenvalue weighted by atomic mass is 28.4. The van der Waals surface area contributed by atoms with Gasteiger partial charge in [0.05, 0.1) is 25.9 Å². The third-order valence-corrected chi connectivity index (χ3v) is 13.4. The molecule has 216 valence electrons. The van der Waals surface area contributed by atoms with Crippen LogP contribution in [0.1, 0.15) is 46.6 Å². The lowest BCUT2D eigenvalue weighted by molar-refractivity contribution is -0.264. The quantitative estimate of drug-likeness (QED) is 0.261. The molecule has 0 spiro atoms. The van der Waals surface area contributed by atoms with Crippen molar-refractivity contribution in [3.05, 3.63) is 90.5 Å². The van der Waals surface area contributed by atoms with Gasteiger partial charge in [0.15, 0.2) is 6.29 Å². The molecule has 40 heavy (non-hydrogen) atoms. The predicted octanol–water partition coefficient (Wildman–Crippen LogP) is 6.19. The van der Waals surface area contributed by atoms with E-state index in [0.29, 0.717) is 13.2 Å². The van der Waals surface area contributed by atoms with Crippen LogP contribution >= 0.6 is 0 Å². The Morgan fingerprint density at radius 2 is 1.35 bits per heavy atom. The fraction of sp³-hybridized carbons (Fsp3) is 0.471. The van der Waals surface area contributed by atoms with Gasteiger partial charge in [-0.25, -0.2) is 0 Å². The summed E-state index contributed by atoms with van der Waals surface area (Å²) < 4.78 is 31.3. The van der Waals surface area contributed by atoms with Gasteiger partial charge < -0.3 is 23.4 Å². The number of hydrogen-bond acceptors (Lipinski definition) is 5. The first-order valence-corrected chi connectivity index (χ1v) is 16.3. The van der Waals surface area contributed by atoms with E-state index < -0.39 is 8.32 Å². The maximum Gasteiger partial charge on any atom is 0.261 e. The molecular formula is C34H46O5Si. The summed E-state index contributed by atoms with van der Waals surface area (Å²) in [6, 6.07) is 29.6. The minimum Gasteiger partial charge on any atom is -0.497 e. The molecule has 1 aliphatic rings. The maximum atomic E-state index is 7.16. The molecule has 6 heteroatoms. The Labute approximate surface area is 241 Å². The molecule has 4 rings (SSSR count). The molecule has 1 fully saturated rings. The van der Waals surface area contributed by atoms with Crippen molar-refractivity contribution in [1.29, 1.82) is 0 Å². The zero-order valence-corrected chi connectivity index (χ0v) is 26.1. The summed E-state index contributed by atoms with van der Waals surface area (Å²) in [4.78, 5) is 0. The Balaban J connectivity index is 1.52. The molecule has 0 N–H and O–H groups in total. The van der Waals surface area contributed by atoms with Gasteiger partial charge >= 0.3 is 0 Å². The third-order valence-electron chi connectivity index (χ3n) is 8.33. The minimum absolute atomic E-state index is 0.00123. The number of hydrogen-bond donors (Lipinski definition) is 0. The lowest BCUT2D eigenvalue weighted by atomic mass is 9.84. The molecule has 0 aromatic heterocycles. The molecular weight excluding hydrogens is 516 g/mol. The van der Waals surface area contributed by atoms with Crippen molar-refractivity contribution >= 4 is 18.7 Å². The minimum atomic E-state index is -2.61. The molecule has 1 aliphatic heterocycles. The molecule has 0 bridgehead atoms. The molecule has 0 unspecified atom stereocenters. The van der Waals surface area contributed by atoms with E-state index in [1.807, 2.05) is 12.1 Å². The van der Waals surface area contributed by atoms with Gasteiger partial charge in [-0.15, -0.1) is 0 Å². The second kappa shape index (κ2) is 13.5. The monoisotopic (exact) mass is 562 g/mol. The SMILES string of the molecule is COc1ccc(CO[C@H]2[C@@H](C)[C@@H](CCO[Si](c3ccccc3)(c3ccccc3)C(C)(C)C)O[C@@H](OC)[C@@H]2C)cc1. The molecule has 0 aliphatic carbocycles. The zero-order valence-electron chi connectivity index (χ0n) is 25.1. The van der Waals surface area contributed by atoms with Gasteiger partial charge in [0.2, 0.25) is 0 Å². The van der Waals surface area contributed by atoms with Gasteiger partial charge in [-0.05, 0) is 39.5 Å². The highest BCUT2D eigenvalue weighted by Gasteiger charge is 2.50. The number of rotatable bonds is 11. The maximum absolute atomic E-state index is 7.16. The normalized spacial score (nSPS) is 23.6. The van der Waals surface area contributed by atoms with Crippen LogP contribution in [-0.2, 0) is 25.2 Å².